The first kappa shape index (κ1) is 13.8. The fourth-order valence-electron chi connectivity index (χ4n) is 2.95. The summed E-state index contributed by atoms with van der Waals surface area (Å²) >= 11 is 0. The van der Waals surface area contributed by atoms with Crippen molar-refractivity contribution >= 4 is 17.5 Å². The molecule has 1 aromatic heterocycles. The summed E-state index contributed by atoms with van der Waals surface area (Å²) < 4.78 is 0. The van der Waals surface area contributed by atoms with Crippen molar-refractivity contribution in [2.24, 2.45) is 0 Å². The highest BCUT2D eigenvalue weighted by atomic mass is 16.2. The van der Waals surface area contributed by atoms with Crippen LogP contribution in [-0.2, 0) is 4.79 Å². The number of nitrogen functional groups attached to an aromatic ring is 1. The van der Waals surface area contributed by atoms with Crippen LogP contribution in [0.4, 0.5) is 5.69 Å². The van der Waals surface area contributed by atoms with Gasteiger partial charge < -0.3 is 21.3 Å². The molecule has 2 aliphatic heterocycles. The van der Waals surface area contributed by atoms with E-state index in [1.54, 1.807) is 17.0 Å². The van der Waals surface area contributed by atoms with Crippen LogP contribution in [-0.4, -0.2) is 53.4 Å². The largest absolute Gasteiger partial charge is 0.399 e. The Morgan fingerprint density at radius 2 is 2.10 bits per heavy atom. The molecule has 2 fully saturated rings. The van der Waals surface area contributed by atoms with Gasteiger partial charge in [0, 0.05) is 38.1 Å². The Labute approximate surface area is 122 Å². The lowest BCUT2D eigenvalue weighted by Crippen LogP contribution is -2.66. The van der Waals surface area contributed by atoms with Gasteiger partial charge in [0.15, 0.2) is 0 Å². The quantitative estimate of drug-likeness (QED) is 0.638. The Bertz CT molecular complexity index is 566. The van der Waals surface area contributed by atoms with E-state index in [1.807, 2.05) is 0 Å². The lowest BCUT2D eigenvalue weighted by Gasteiger charge is -2.43. The molecule has 112 valence electrons. The molecule has 0 saturated carbocycles. The van der Waals surface area contributed by atoms with E-state index < -0.39 is 5.54 Å². The monoisotopic (exact) mass is 289 g/mol. The summed E-state index contributed by atoms with van der Waals surface area (Å²) in [6.45, 7) is 2.51. The fraction of sp³-hybridized carbons (Fsp3) is 0.500. The Balaban J connectivity index is 1.68. The molecule has 0 aliphatic carbocycles. The first-order chi connectivity index (χ1) is 10.1. The number of hydrogen-bond acceptors (Lipinski definition) is 5. The summed E-state index contributed by atoms with van der Waals surface area (Å²) in [5.41, 5.74) is 6.04. The predicted octanol–water partition coefficient (Wildman–Crippen LogP) is -0.642. The van der Waals surface area contributed by atoms with E-state index >= 15 is 0 Å². The van der Waals surface area contributed by atoms with E-state index in [4.69, 9.17) is 5.73 Å². The highest BCUT2D eigenvalue weighted by molar-refractivity contribution is 5.93. The first-order valence-electron chi connectivity index (χ1n) is 7.15. The number of anilines is 1. The smallest absolute Gasteiger partial charge is 0.272 e. The third kappa shape index (κ3) is 2.56. The van der Waals surface area contributed by atoms with E-state index in [0.29, 0.717) is 43.9 Å². The molecule has 7 heteroatoms. The number of aromatic nitrogens is 1. The molecule has 0 atom stereocenters. The molecular formula is C14H19N5O2. The van der Waals surface area contributed by atoms with Crippen molar-refractivity contribution in [3.63, 3.8) is 0 Å². The number of likely N-dealkylation sites (tertiary alicyclic amines) is 1. The van der Waals surface area contributed by atoms with E-state index in [2.05, 4.69) is 15.6 Å². The van der Waals surface area contributed by atoms with Crippen LogP contribution in [0.15, 0.2) is 18.3 Å². The van der Waals surface area contributed by atoms with Gasteiger partial charge in [-0.1, -0.05) is 0 Å². The second-order valence-electron chi connectivity index (χ2n) is 5.53. The van der Waals surface area contributed by atoms with Crippen LogP contribution >= 0.6 is 0 Å². The van der Waals surface area contributed by atoms with Crippen molar-refractivity contribution in [3.8, 4) is 0 Å². The lowest BCUT2D eigenvalue weighted by molar-refractivity contribution is -0.131. The molecule has 2 aliphatic rings. The number of nitrogens with one attached hydrogen (secondary N) is 2. The van der Waals surface area contributed by atoms with Crippen LogP contribution in [0.3, 0.4) is 0 Å². The summed E-state index contributed by atoms with van der Waals surface area (Å²) in [4.78, 5) is 30.2. The normalized spacial score (nSPS) is 21.1. The van der Waals surface area contributed by atoms with Crippen molar-refractivity contribution < 1.29 is 9.59 Å². The highest BCUT2D eigenvalue weighted by Crippen LogP contribution is 2.25. The van der Waals surface area contributed by atoms with Crippen LogP contribution in [0.5, 0.6) is 0 Å². The maximum absolute atomic E-state index is 12.4. The maximum atomic E-state index is 12.4. The molecule has 1 spiro atoms. The third-order valence-corrected chi connectivity index (χ3v) is 4.22. The SMILES string of the molecule is Nc1ccnc(C(=O)N2CCC3(CC2)NCCNC3=O)c1. The molecule has 4 N–H and O–H groups in total. The van der Waals surface area contributed by atoms with Gasteiger partial charge in [-0.2, -0.15) is 0 Å². The standard InChI is InChI=1S/C14H19N5O2/c15-10-1-4-16-11(9-10)12(20)19-7-2-14(3-8-19)13(21)17-5-6-18-14/h1,4,9,18H,2-3,5-8H2,(H2,15,16)(H,17,21). The number of piperidine rings is 1. The average molecular weight is 289 g/mol. The number of amides is 2. The number of carbonyl (C=O) groups is 2. The molecule has 0 unspecified atom stereocenters. The number of nitrogens with zero attached hydrogens (tertiary/aromatic N) is 2. The predicted molar refractivity (Wildman–Crippen MR) is 77.5 cm³/mol. The molecule has 1 aromatic rings. The van der Waals surface area contributed by atoms with E-state index in [1.165, 1.54) is 6.20 Å². The van der Waals surface area contributed by atoms with Gasteiger partial charge in [0.1, 0.15) is 11.2 Å². The van der Waals surface area contributed by atoms with Gasteiger partial charge in [0.25, 0.3) is 5.91 Å². The zero-order valence-electron chi connectivity index (χ0n) is 11.8. The van der Waals surface area contributed by atoms with E-state index in [9.17, 15) is 9.59 Å². The van der Waals surface area contributed by atoms with Crippen LogP contribution in [0.1, 0.15) is 23.3 Å². The minimum atomic E-state index is -0.516. The number of nitrogens with two attached hydrogens (primary N) is 1. The van der Waals surface area contributed by atoms with Crippen LogP contribution in [0.2, 0.25) is 0 Å². The lowest BCUT2D eigenvalue weighted by atomic mass is 9.85. The van der Waals surface area contributed by atoms with Crippen molar-refractivity contribution in [2.75, 3.05) is 31.9 Å². The molecule has 3 heterocycles. The van der Waals surface area contributed by atoms with Crippen LogP contribution in [0, 0.1) is 0 Å². The van der Waals surface area contributed by atoms with Gasteiger partial charge in [-0.15, -0.1) is 0 Å². The molecule has 7 nitrogen and oxygen atoms in total. The van der Waals surface area contributed by atoms with Crippen molar-refractivity contribution in [1.82, 2.24) is 20.5 Å². The second-order valence-corrected chi connectivity index (χ2v) is 5.53. The molecular weight excluding hydrogens is 270 g/mol. The topological polar surface area (TPSA) is 100 Å². The van der Waals surface area contributed by atoms with Crippen LogP contribution < -0.4 is 16.4 Å². The number of piperazine rings is 1. The maximum Gasteiger partial charge on any atom is 0.272 e. The minimum absolute atomic E-state index is 0.0444. The summed E-state index contributed by atoms with van der Waals surface area (Å²) in [5, 5.41) is 6.20. The Morgan fingerprint density at radius 3 is 2.76 bits per heavy atom. The van der Waals surface area contributed by atoms with Gasteiger partial charge in [0.05, 0.1) is 0 Å². The van der Waals surface area contributed by atoms with E-state index in [-0.39, 0.29) is 11.8 Å². The fourth-order valence-corrected chi connectivity index (χ4v) is 2.95. The summed E-state index contributed by atoms with van der Waals surface area (Å²) in [7, 11) is 0. The molecule has 0 radical (unpaired) electrons. The third-order valence-electron chi connectivity index (χ3n) is 4.22. The van der Waals surface area contributed by atoms with Crippen molar-refractivity contribution in [2.45, 2.75) is 18.4 Å². The summed E-state index contributed by atoms with van der Waals surface area (Å²) in [6.07, 6.45) is 2.77. The Morgan fingerprint density at radius 1 is 1.33 bits per heavy atom. The second kappa shape index (κ2) is 5.33. The molecule has 2 saturated heterocycles. The van der Waals surface area contributed by atoms with Crippen molar-refractivity contribution in [1.29, 1.82) is 0 Å². The van der Waals surface area contributed by atoms with Gasteiger partial charge in [-0.05, 0) is 25.0 Å². The first-order valence-corrected chi connectivity index (χ1v) is 7.15. The van der Waals surface area contributed by atoms with E-state index in [0.717, 1.165) is 6.54 Å². The molecule has 3 rings (SSSR count). The molecule has 2 amide bonds. The van der Waals surface area contributed by atoms with Gasteiger partial charge in [-0.3, -0.25) is 14.6 Å². The average Bonchev–Trinajstić information content (AvgIpc) is 2.50. The Kier molecular flexibility index (Phi) is 3.50. The molecule has 21 heavy (non-hydrogen) atoms. The van der Waals surface area contributed by atoms with Gasteiger partial charge >= 0.3 is 0 Å². The highest BCUT2D eigenvalue weighted by Gasteiger charge is 2.43. The van der Waals surface area contributed by atoms with Gasteiger partial charge in [-0.25, -0.2) is 0 Å². The summed E-state index contributed by atoms with van der Waals surface area (Å²) in [6, 6.07) is 3.23. The number of pyridine rings is 1. The van der Waals surface area contributed by atoms with Gasteiger partial charge in [0.2, 0.25) is 5.91 Å². The summed E-state index contributed by atoms with van der Waals surface area (Å²) in [5.74, 6) is -0.0868. The minimum Gasteiger partial charge on any atom is -0.399 e. The molecule has 0 bridgehead atoms. The number of hydrogen-bond donors (Lipinski definition) is 3. The zero-order valence-corrected chi connectivity index (χ0v) is 11.8. The Hall–Kier alpha value is -2.15. The van der Waals surface area contributed by atoms with Crippen molar-refractivity contribution in [3.05, 3.63) is 24.0 Å². The number of rotatable bonds is 1. The van der Waals surface area contributed by atoms with Crippen LogP contribution in [0.25, 0.3) is 0 Å². The molecule has 0 aromatic carbocycles. The number of carbonyl (C=O) groups excluding carboxylic acids is 2. The zero-order chi connectivity index (χ0) is 14.9.